The number of guanidine groups is 1. The quantitative estimate of drug-likeness (QED) is 0.364. The number of piperazine rings is 1. The number of rotatable bonds is 6. The summed E-state index contributed by atoms with van der Waals surface area (Å²) >= 11 is 0. The van der Waals surface area contributed by atoms with E-state index in [1.54, 1.807) is 0 Å². The third-order valence-electron chi connectivity index (χ3n) is 5.99. The fourth-order valence-corrected chi connectivity index (χ4v) is 4.27. The van der Waals surface area contributed by atoms with E-state index >= 15 is 0 Å². The van der Waals surface area contributed by atoms with Gasteiger partial charge in [-0.3, -0.25) is 9.67 Å². The van der Waals surface area contributed by atoms with Crippen molar-refractivity contribution in [3.05, 3.63) is 18.0 Å². The Balaban J connectivity index is 0.00000280. The Hall–Kier alpha value is -0.870. The van der Waals surface area contributed by atoms with Gasteiger partial charge in [0.25, 0.3) is 0 Å². The lowest BCUT2D eigenvalue weighted by atomic mass is 10.0. The average molecular weight is 503 g/mol. The second-order valence-corrected chi connectivity index (χ2v) is 8.15. The van der Waals surface area contributed by atoms with Crippen molar-refractivity contribution in [2.45, 2.75) is 26.2 Å². The topological polar surface area (TPSA) is 51.9 Å². The number of halogens is 1. The molecule has 7 nitrogen and oxygen atoms in total. The summed E-state index contributed by atoms with van der Waals surface area (Å²) in [4.78, 5) is 12.1. The summed E-state index contributed by atoms with van der Waals surface area (Å²) in [7, 11) is 3.88. The summed E-state index contributed by atoms with van der Waals surface area (Å²) < 4.78 is 1.90. The summed E-state index contributed by atoms with van der Waals surface area (Å²) in [5.74, 6) is 2.22. The summed E-state index contributed by atoms with van der Waals surface area (Å²) in [6, 6.07) is 0. The number of likely N-dealkylation sites (N-methyl/N-ethyl adjacent to an activating group) is 1. The van der Waals surface area contributed by atoms with Gasteiger partial charge in [-0.25, -0.2) is 0 Å². The summed E-state index contributed by atoms with van der Waals surface area (Å²) in [6.45, 7) is 14.8. The third-order valence-corrected chi connectivity index (χ3v) is 5.99. The summed E-state index contributed by atoms with van der Waals surface area (Å²) in [5, 5.41) is 7.94. The first-order valence-corrected chi connectivity index (χ1v) is 10.5. The van der Waals surface area contributed by atoms with Crippen LogP contribution in [0, 0.1) is 5.92 Å². The van der Waals surface area contributed by atoms with Crippen LogP contribution in [0.1, 0.15) is 31.7 Å². The number of likely N-dealkylation sites (tertiary alicyclic amines) is 1. The molecule has 0 bridgehead atoms. The molecule has 0 aliphatic carbocycles. The normalized spacial score (nSPS) is 22.9. The monoisotopic (exact) mass is 503 g/mol. The lowest BCUT2D eigenvalue weighted by Crippen LogP contribution is -2.48. The molecule has 0 amide bonds. The van der Waals surface area contributed by atoms with Crippen LogP contribution in [0.4, 0.5) is 0 Å². The van der Waals surface area contributed by atoms with Gasteiger partial charge in [0.05, 0.1) is 6.20 Å². The van der Waals surface area contributed by atoms with Crippen LogP contribution < -0.4 is 5.32 Å². The van der Waals surface area contributed by atoms with Crippen molar-refractivity contribution in [2.75, 3.05) is 66.0 Å². The predicted octanol–water partition coefficient (Wildman–Crippen LogP) is 1.68. The molecule has 0 aromatic carbocycles. The fraction of sp³-hybridized carbons (Fsp3) is 0.800. The van der Waals surface area contributed by atoms with Gasteiger partial charge in [-0.1, -0.05) is 13.8 Å². The second kappa shape index (κ2) is 11.3. The maximum Gasteiger partial charge on any atom is 0.193 e. The molecule has 3 rings (SSSR count). The van der Waals surface area contributed by atoms with Gasteiger partial charge in [-0.2, -0.15) is 5.10 Å². The molecule has 3 heterocycles. The largest absolute Gasteiger partial charge is 0.356 e. The van der Waals surface area contributed by atoms with Crippen LogP contribution in [-0.2, 0) is 7.05 Å². The highest BCUT2D eigenvalue weighted by Crippen LogP contribution is 2.26. The molecule has 1 aromatic heterocycles. The van der Waals surface area contributed by atoms with Gasteiger partial charge in [0, 0.05) is 78.6 Å². The van der Waals surface area contributed by atoms with E-state index in [2.05, 4.69) is 50.2 Å². The summed E-state index contributed by atoms with van der Waals surface area (Å²) in [5.41, 5.74) is 1.34. The Morgan fingerprint density at radius 3 is 2.57 bits per heavy atom. The fourth-order valence-electron chi connectivity index (χ4n) is 4.27. The van der Waals surface area contributed by atoms with Crippen LogP contribution in [0.3, 0.4) is 0 Å². The molecule has 2 saturated heterocycles. The number of hydrogen-bond acceptors (Lipinski definition) is 4. The van der Waals surface area contributed by atoms with Crippen molar-refractivity contribution >= 4 is 29.9 Å². The van der Waals surface area contributed by atoms with Gasteiger partial charge in [0.2, 0.25) is 0 Å². The number of nitrogens with one attached hydrogen (secondary N) is 1. The van der Waals surface area contributed by atoms with Gasteiger partial charge in [0.15, 0.2) is 5.96 Å². The smallest absolute Gasteiger partial charge is 0.193 e. The molecule has 0 radical (unpaired) electrons. The molecule has 0 spiro atoms. The van der Waals surface area contributed by atoms with E-state index in [-0.39, 0.29) is 24.0 Å². The predicted molar refractivity (Wildman–Crippen MR) is 127 cm³/mol. The number of aryl methyl sites for hydroxylation is 1. The van der Waals surface area contributed by atoms with Gasteiger partial charge in [-0.15, -0.1) is 24.0 Å². The molecule has 28 heavy (non-hydrogen) atoms. The highest BCUT2D eigenvalue weighted by Gasteiger charge is 2.27. The van der Waals surface area contributed by atoms with Gasteiger partial charge in [-0.05, 0) is 24.4 Å². The van der Waals surface area contributed by atoms with Gasteiger partial charge in [0.1, 0.15) is 0 Å². The van der Waals surface area contributed by atoms with E-state index in [0.29, 0.717) is 11.8 Å². The van der Waals surface area contributed by atoms with Crippen molar-refractivity contribution in [1.29, 1.82) is 0 Å². The Bertz CT molecular complexity index is 609. The zero-order valence-corrected chi connectivity index (χ0v) is 20.3. The molecule has 2 fully saturated rings. The molecule has 2 aliphatic rings. The van der Waals surface area contributed by atoms with E-state index in [0.717, 1.165) is 25.6 Å². The third kappa shape index (κ3) is 6.32. The molecule has 2 aliphatic heterocycles. The second-order valence-electron chi connectivity index (χ2n) is 8.15. The van der Waals surface area contributed by atoms with Crippen molar-refractivity contribution < 1.29 is 0 Å². The maximum absolute atomic E-state index is 4.53. The summed E-state index contributed by atoms with van der Waals surface area (Å²) in [6.07, 6.45) is 5.32. The molecule has 2 atom stereocenters. The minimum Gasteiger partial charge on any atom is -0.356 e. The number of hydrogen-bond donors (Lipinski definition) is 1. The Labute approximate surface area is 187 Å². The average Bonchev–Trinajstić information content (AvgIpc) is 3.32. The van der Waals surface area contributed by atoms with Crippen molar-refractivity contribution in [2.24, 2.45) is 18.0 Å². The van der Waals surface area contributed by atoms with Crippen molar-refractivity contribution in [1.82, 2.24) is 29.8 Å². The lowest BCUT2D eigenvalue weighted by Gasteiger charge is -2.35. The molecule has 2 unspecified atom stereocenters. The Morgan fingerprint density at radius 2 is 1.96 bits per heavy atom. The number of nitrogens with zero attached hydrogens (tertiary/aromatic N) is 6. The lowest BCUT2D eigenvalue weighted by molar-refractivity contribution is 0.124. The minimum atomic E-state index is 0. The van der Waals surface area contributed by atoms with Crippen LogP contribution in [-0.4, -0.2) is 96.4 Å². The first-order valence-electron chi connectivity index (χ1n) is 10.5. The molecular weight excluding hydrogens is 465 g/mol. The van der Waals surface area contributed by atoms with Crippen molar-refractivity contribution in [3.8, 4) is 0 Å². The Morgan fingerprint density at radius 1 is 1.25 bits per heavy atom. The van der Waals surface area contributed by atoms with Crippen LogP contribution in [0.25, 0.3) is 0 Å². The van der Waals surface area contributed by atoms with Gasteiger partial charge < -0.3 is 20.0 Å². The van der Waals surface area contributed by atoms with Crippen LogP contribution >= 0.6 is 24.0 Å². The van der Waals surface area contributed by atoms with Crippen molar-refractivity contribution in [3.63, 3.8) is 0 Å². The highest BCUT2D eigenvalue weighted by molar-refractivity contribution is 14.0. The van der Waals surface area contributed by atoms with Gasteiger partial charge >= 0.3 is 0 Å². The van der Waals surface area contributed by atoms with Crippen LogP contribution in [0.5, 0.6) is 0 Å². The Kier molecular flexibility index (Phi) is 9.49. The van der Waals surface area contributed by atoms with E-state index in [9.17, 15) is 0 Å². The van der Waals surface area contributed by atoms with E-state index in [4.69, 9.17) is 0 Å². The molecule has 1 aromatic rings. The molecule has 1 N–H and O–H groups in total. The zero-order valence-electron chi connectivity index (χ0n) is 18.0. The standard InChI is InChI=1S/C20H37N7.HI/c1-5-25-8-10-26(11-9-25)14-17(2)12-22-20(21-3)27-7-6-18(16-27)19-13-23-24(4)15-19;/h13,15,17-18H,5-12,14,16H2,1-4H3,(H,21,22);1H. The highest BCUT2D eigenvalue weighted by atomic mass is 127. The first-order chi connectivity index (χ1) is 13.1. The van der Waals surface area contributed by atoms with E-state index < -0.39 is 0 Å². The molecule has 0 saturated carbocycles. The SMILES string of the molecule is CCN1CCN(CC(C)CNC(=NC)N2CCC(c3cnn(C)c3)C2)CC1.I. The van der Waals surface area contributed by atoms with Crippen LogP contribution in [0.15, 0.2) is 17.4 Å². The first kappa shape index (κ1) is 23.4. The zero-order chi connectivity index (χ0) is 19.2. The van der Waals surface area contributed by atoms with E-state index in [1.165, 1.54) is 51.3 Å². The maximum atomic E-state index is 4.53. The van der Waals surface area contributed by atoms with Crippen LogP contribution in [0.2, 0.25) is 0 Å². The minimum absolute atomic E-state index is 0. The van der Waals surface area contributed by atoms with E-state index in [1.807, 2.05) is 25.0 Å². The number of aliphatic imine (C=N–C) groups is 1. The molecular formula is C20H38IN7. The molecule has 160 valence electrons. The molecule has 8 heteroatoms. The number of aromatic nitrogens is 2.